The van der Waals surface area contributed by atoms with Gasteiger partial charge in [0.05, 0.1) is 39.5 Å². The molecule has 0 aliphatic carbocycles. The number of nitrogens with zero attached hydrogens (tertiary/aromatic N) is 6. The van der Waals surface area contributed by atoms with Gasteiger partial charge in [0.1, 0.15) is 23.1 Å². The Morgan fingerprint density at radius 2 is 2.26 bits per heavy atom. The first-order chi connectivity index (χ1) is 17.0. The van der Waals surface area contributed by atoms with E-state index in [0.717, 1.165) is 32.7 Å². The second kappa shape index (κ2) is 9.65. The molecule has 0 amide bonds. The normalized spacial score (nSPS) is 15.4. The second-order valence-corrected chi connectivity index (χ2v) is 10.2. The molecule has 35 heavy (non-hydrogen) atoms. The standard InChI is InChI=1S/C23H19ClN6O3S2/c1-3-32-22(31)21-26-12-18(35-21)20-19-16(27-23-30(19)28-13(2)34-23)6-7-29(20)8-9-33-17-5-4-14(11-25)10-15(17)24/h4-5,8-10,12,20H,3,6-7H2,1-2H3. The number of aryl methyl sites for hydroxylation is 1. The van der Waals surface area contributed by atoms with Crippen LogP contribution in [-0.4, -0.2) is 43.6 Å². The molecule has 1 unspecified atom stereocenters. The van der Waals surface area contributed by atoms with Gasteiger partial charge in [-0.05, 0) is 32.0 Å². The van der Waals surface area contributed by atoms with E-state index in [9.17, 15) is 4.79 Å². The van der Waals surface area contributed by atoms with E-state index in [1.165, 1.54) is 22.7 Å². The molecule has 0 saturated carbocycles. The number of imidazole rings is 1. The topological polar surface area (TPSA) is 106 Å². The Bertz CT molecular complexity index is 1480. The monoisotopic (exact) mass is 526 g/mol. The maximum atomic E-state index is 12.3. The predicted molar refractivity (Wildman–Crippen MR) is 132 cm³/mol. The molecule has 1 atom stereocenters. The summed E-state index contributed by atoms with van der Waals surface area (Å²) in [6.45, 7) is 4.67. The third-order valence-corrected chi connectivity index (χ3v) is 7.51. The zero-order chi connectivity index (χ0) is 24.5. The molecule has 1 aliphatic heterocycles. The third-order valence-electron chi connectivity index (χ3n) is 5.36. The lowest BCUT2D eigenvalue weighted by molar-refractivity contribution is 0.0526. The molecular formula is C23H19ClN6O3S2. The highest BCUT2D eigenvalue weighted by atomic mass is 35.5. The van der Waals surface area contributed by atoms with Crippen LogP contribution >= 0.6 is 34.3 Å². The molecule has 4 aromatic rings. The second-order valence-electron chi connectivity index (χ2n) is 7.60. The van der Waals surface area contributed by atoms with Crippen molar-refractivity contribution in [3.63, 3.8) is 0 Å². The molecule has 0 spiro atoms. The number of benzene rings is 1. The van der Waals surface area contributed by atoms with Gasteiger partial charge in [-0.15, -0.1) is 11.3 Å². The minimum Gasteiger partial charge on any atom is -0.462 e. The molecule has 12 heteroatoms. The Morgan fingerprint density at radius 3 is 3.03 bits per heavy atom. The Balaban J connectivity index is 1.50. The summed E-state index contributed by atoms with van der Waals surface area (Å²) in [6.07, 6.45) is 5.83. The van der Waals surface area contributed by atoms with Crippen molar-refractivity contribution < 1.29 is 14.3 Å². The van der Waals surface area contributed by atoms with Crippen molar-refractivity contribution >= 4 is 45.2 Å². The smallest absolute Gasteiger partial charge is 0.367 e. The summed E-state index contributed by atoms with van der Waals surface area (Å²) in [5, 5.41) is 15.3. The molecule has 1 aromatic carbocycles. The zero-order valence-electron chi connectivity index (χ0n) is 18.8. The van der Waals surface area contributed by atoms with Crippen LogP contribution in [0.2, 0.25) is 5.02 Å². The van der Waals surface area contributed by atoms with Crippen molar-refractivity contribution in [3.8, 4) is 11.8 Å². The average molecular weight is 527 g/mol. The molecule has 0 fully saturated rings. The summed E-state index contributed by atoms with van der Waals surface area (Å²) >= 11 is 9.07. The number of aromatic nitrogens is 4. The minimum atomic E-state index is -0.441. The maximum Gasteiger partial charge on any atom is 0.367 e. The van der Waals surface area contributed by atoms with Crippen LogP contribution in [0.3, 0.4) is 0 Å². The SMILES string of the molecule is CCOC(=O)c1ncc(C2c3c(nc4sc(C)nn34)CCN2C=COc2ccc(C#N)cc2Cl)s1. The van der Waals surface area contributed by atoms with Crippen molar-refractivity contribution in [1.29, 1.82) is 5.26 Å². The molecule has 4 heterocycles. The van der Waals surface area contributed by atoms with Gasteiger partial charge in [-0.1, -0.05) is 22.9 Å². The van der Waals surface area contributed by atoms with Gasteiger partial charge in [-0.3, -0.25) is 0 Å². The summed E-state index contributed by atoms with van der Waals surface area (Å²) in [6, 6.07) is 6.64. The van der Waals surface area contributed by atoms with Crippen molar-refractivity contribution in [1.82, 2.24) is 24.5 Å². The number of nitriles is 1. The van der Waals surface area contributed by atoms with E-state index < -0.39 is 5.97 Å². The number of halogens is 1. The van der Waals surface area contributed by atoms with Gasteiger partial charge < -0.3 is 14.4 Å². The van der Waals surface area contributed by atoms with E-state index >= 15 is 0 Å². The van der Waals surface area contributed by atoms with Crippen LogP contribution in [0.1, 0.15) is 49.6 Å². The van der Waals surface area contributed by atoms with Gasteiger partial charge >= 0.3 is 5.97 Å². The number of carbonyl (C=O) groups is 1. The molecule has 0 bridgehead atoms. The Hall–Kier alpha value is -3.46. The molecule has 5 rings (SSSR count). The molecule has 178 valence electrons. The number of thiazole rings is 1. The Labute approximate surface area is 213 Å². The summed E-state index contributed by atoms with van der Waals surface area (Å²) in [5.74, 6) is 0.00372. The van der Waals surface area contributed by atoms with E-state index in [4.69, 9.17) is 31.3 Å². The number of carbonyl (C=O) groups excluding carboxylic acids is 1. The van der Waals surface area contributed by atoms with Crippen LogP contribution in [0.15, 0.2) is 36.9 Å². The third kappa shape index (κ3) is 4.48. The molecule has 0 N–H and O–H groups in total. The van der Waals surface area contributed by atoms with E-state index in [-0.39, 0.29) is 12.6 Å². The first kappa shape index (κ1) is 23.3. The predicted octanol–water partition coefficient (Wildman–Crippen LogP) is 4.76. The van der Waals surface area contributed by atoms with Crippen LogP contribution in [-0.2, 0) is 11.2 Å². The first-order valence-electron chi connectivity index (χ1n) is 10.7. The van der Waals surface area contributed by atoms with Crippen molar-refractivity contribution in [2.45, 2.75) is 26.3 Å². The zero-order valence-corrected chi connectivity index (χ0v) is 21.2. The fraction of sp³-hybridized carbons (Fsp3) is 0.261. The number of esters is 1. The molecule has 0 radical (unpaired) electrons. The van der Waals surface area contributed by atoms with E-state index in [2.05, 4.69) is 21.1 Å². The van der Waals surface area contributed by atoms with Gasteiger partial charge in [0.2, 0.25) is 9.97 Å². The number of fused-ring (bicyclic) bond motifs is 3. The molecule has 0 saturated heterocycles. The number of rotatable bonds is 6. The summed E-state index contributed by atoms with van der Waals surface area (Å²) < 4.78 is 12.8. The number of hydrogen-bond donors (Lipinski definition) is 0. The lowest BCUT2D eigenvalue weighted by atomic mass is 10.0. The number of hydrogen-bond acceptors (Lipinski definition) is 10. The van der Waals surface area contributed by atoms with Crippen LogP contribution in [0.5, 0.6) is 5.75 Å². The lowest BCUT2D eigenvalue weighted by Gasteiger charge is -2.33. The van der Waals surface area contributed by atoms with Crippen LogP contribution < -0.4 is 4.74 Å². The van der Waals surface area contributed by atoms with E-state index in [1.807, 2.05) is 17.6 Å². The summed E-state index contributed by atoms with van der Waals surface area (Å²) in [4.78, 5) is 25.2. The molecule has 3 aromatic heterocycles. The van der Waals surface area contributed by atoms with Crippen molar-refractivity contribution in [3.05, 3.63) is 73.7 Å². The Kier molecular flexibility index (Phi) is 6.42. The largest absolute Gasteiger partial charge is 0.462 e. The molecular weight excluding hydrogens is 508 g/mol. The summed E-state index contributed by atoms with van der Waals surface area (Å²) in [5.41, 5.74) is 2.37. The van der Waals surface area contributed by atoms with E-state index in [0.29, 0.717) is 27.9 Å². The average Bonchev–Trinajstić information content (AvgIpc) is 3.54. The highest BCUT2D eigenvalue weighted by molar-refractivity contribution is 7.16. The highest BCUT2D eigenvalue weighted by Crippen LogP contribution is 2.39. The lowest BCUT2D eigenvalue weighted by Crippen LogP contribution is -2.32. The summed E-state index contributed by atoms with van der Waals surface area (Å²) in [7, 11) is 0. The van der Waals surface area contributed by atoms with Crippen molar-refractivity contribution in [2.75, 3.05) is 13.2 Å². The maximum absolute atomic E-state index is 12.3. The fourth-order valence-corrected chi connectivity index (χ4v) is 5.82. The van der Waals surface area contributed by atoms with Crippen LogP contribution in [0, 0.1) is 18.3 Å². The first-order valence-corrected chi connectivity index (χ1v) is 12.8. The van der Waals surface area contributed by atoms with Gasteiger partial charge in [-0.2, -0.15) is 10.4 Å². The highest BCUT2D eigenvalue weighted by Gasteiger charge is 2.34. The quantitative estimate of drug-likeness (QED) is 0.261. The van der Waals surface area contributed by atoms with Crippen LogP contribution in [0.4, 0.5) is 0 Å². The van der Waals surface area contributed by atoms with Gasteiger partial charge in [-0.25, -0.2) is 19.3 Å². The van der Waals surface area contributed by atoms with E-state index in [1.54, 1.807) is 37.6 Å². The number of ether oxygens (including phenoxy) is 2. The Morgan fingerprint density at radius 1 is 1.40 bits per heavy atom. The van der Waals surface area contributed by atoms with Gasteiger partial charge in [0.15, 0.2) is 0 Å². The fourth-order valence-electron chi connectivity index (χ4n) is 3.89. The van der Waals surface area contributed by atoms with Crippen LogP contribution in [0.25, 0.3) is 4.96 Å². The van der Waals surface area contributed by atoms with Gasteiger partial charge in [0, 0.05) is 25.4 Å². The minimum absolute atomic E-state index is 0.271. The van der Waals surface area contributed by atoms with Crippen molar-refractivity contribution in [2.24, 2.45) is 0 Å². The van der Waals surface area contributed by atoms with Gasteiger partial charge in [0.25, 0.3) is 0 Å². The molecule has 9 nitrogen and oxygen atoms in total. The molecule has 1 aliphatic rings.